The molecule has 0 radical (unpaired) electrons. The highest BCUT2D eigenvalue weighted by Gasteiger charge is 2.18. The summed E-state index contributed by atoms with van der Waals surface area (Å²) in [4.78, 5) is 27.8. The minimum absolute atomic E-state index is 0.0272. The molecular formula is C22H27N3O2. The van der Waals surface area contributed by atoms with Crippen LogP contribution in [-0.2, 0) is 16.0 Å². The van der Waals surface area contributed by atoms with Crippen molar-refractivity contribution >= 4 is 23.2 Å². The number of aryl methyl sites for hydroxylation is 2. The Labute approximate surface area is 161 Å². The zero-order valence-electron chi connectivity index (χ0n) is 16.1. The number of benzene rings is 2. The molecule has 1 heterocycles. The monoisotopic (exact) mass is 365 g/mol. The van der Waals surface area contributed by atoms with Gasteiger partial charge in [0, 0.05) is 50.9 Å². The van der Waals surface area contributed by atoms with Crippen molar-refractivity contribution in [2.75, 3.05) is 36.4 Å². The van der Waals surface area contributed by atoms with E-state index in [0.29, 0.717) is 6.42 Å². The molecule has 0 unspecified atom stereocenters. The lowest BCUT2D eigenvalue weighted by Gasteiger charge is -2.35. The number of carbonyl (C=O) groups is 2. The molecule has 1 aliphatic rings. The Morgan fingerprint density at radius 3 is 2.33 bits per heavy atom. The van der Waals surface area contributed by atoms with Crippen molar-refractivity contribution < 1.29 is 9.59 Å². The lowest BCUT2D eigenvalue weighted by Crippen LogP contribution is -2.48. The number of rotatable bonds is 5. The molecular weight excluding hydrogens is 338 g/mol. The quantitative estimate of drug-likeness (QED) is 0.885. The van der Waals surface area contributed by atoms with Crippen LogP contribution in [0.15, 0.2) is 48.5 Å². The van der Waals surface area contributed by atoms with Gasteiger partial charge in [0.15, 0.2) is 0 Å². The van der Waals surface area contributed by atoms with Gasteiger partial charge < -0.3 is 15.1 Å². The van der Waals surface area contributed by atoms with Crippen molar-refractivity contribution in [3.63, 3.8) is 0 Å². The highest BCUT2D eigenvalue weighted by molar-refractivity contribution is 5.91. The summed E-state index contributed by atoms with van der Waals surface area (Å²) >= 11 is 0. The van der Waals surface area contributed by atoms with Crippen molar-refractivity contribution in [2.45, 2.75) is 26.7 Å². The minimum atomic E-state index is 0.0272. The van der Waals surface area contributed by atoms with E-state index in [1.54, 1.807) is 6.92 Å². The molecule has 0 spiro atoms. The normalized spacial score (nSPS) is 14.1. The Morgan fingerprint density at radius 2 is 1.70 bits per heavy atom. The first-order valence-corrected chi connectivity index (χ1v) is 9.47. The van der Waals surface area contributed by atoms with Gasteiger partial charge >= 0.3 is 0 Å². The maximum Gasteiger partial charge on any atom is 0.224 e. The Kier molecular flexibility index (Phi) is 6.12. The van der Waals surface area contributed by atoms with Crippen LogP contribution in [0.3, 0.4) is 0 Å². The SMILES string of the molecule is CC(=O)N1CCN(c2ccc(NC(=O)CCc3cccc(C)c3)cc2)CC1. The van der Waals surface area contributed by atoms with Gasteiger partial charge in [0.2, 0.25) is 11.8 Å². The number of nitrogens with zero attached hydrogens (tertiary/aromatic N) is 2. The average Bonchev–Trinajstić information content (AvgIpc) is 2.67. The number of anilines is 2. The molecule has 0 saturated carbocycles. The second-order valence-electron chi connectivity index (χ2n) is 7.08. The summed E-state index contributed by atoms with van der Waals surface area (Å²) in [5, 5.41) is 2.97. The van der Waals surface area contributed by atoms with Gasteiger partial charge in [0.25, 0.3) is 0 Å². The second-order valence-corrected chi connectivity index (χ2v) is 7.08. The standard InChI is InChI=1S/C22H27N3O2/c1-17-4-3-5-19(16-17)6-11-22(27)23-20-7-9-21(10-8-20)25-14-12-24(13-15-25)18(2)26/h3-5,7-10,16H,6,11-15H2,1-2H3,(H,23,27). The molecule has 1 aliphatic heterocycles. The van der Waals surface area contributed by atoms with Crippen LogP contribution in [0.25, 0.3) is 0 Å². The van der Waals surface area contributed by atoms with Crippen LogP contribution in [0.1, 0.15) is 24.5 Å². The van der Waals surface area contributed by atoms with E-state index in [4.69, 9.17) is 0 Å². The molecule has 0 atom stereocenters. The van der Waals surface area contributed by atoms with Crippen LogP contribution in [-0.4, -0.2) is 42.9 Å². The second kappa shape index (κ2) is 8.71. The van der Waals surface area contributed by atoms with Gasteiger partial charge in [0.05, 0.1) is 0 Å². The first-order chi connectivity index (χ1) is 13.0. The topological polar surface area (TPSA) is 52.7 Å². The molecule has 1 fully saturated rings. The van der Waals surface area contributed by atoms with Crippen LogP contribution >= 0.6 is 0 Å². The summed E-state index contributed by atoms with van der Waals surface area (Å²) in [5.41, 5.74) is 4.34. The summed E-state index contributed by atoms with van der Waals surface area (Å²) in [6.45, 7) is 6.86. The van der Waals surface area contributed by atoms with E-state index in [1.807, 2.05) is 35.2 Å². The van der Waals surface area contributed by atoms with Gasteiger partial charge in [-0.2, -0.15) is 0 Å². The minimum Gasteiger partial charge on any atom is -0.368 e. The number of piperazine rings is 1. The van der Waals surface area contributed by atoms with E-state index in [0.717, 1.165) is 44.0 Å². The largest absolute Gasteiger partial charge is 0.368 e. The van der Waals surface area contributed by atoms with Gasteiger partial charge in [-0.05, 0) is 43.2 Å². The van der Waals surface area contributed by atoms with E-state index in [9.17, 15) is 9.59 Å². The fourth-order valence-corrected chi connectivity index (χ4v) is 3.38. The molecule has 1 saturated heterocycles. The van der Waals surface area contributed by atoms with Crippen molar-refractivity contribution in [1.29, 1.82) is 0 Å². The molecule has 27 heavy (non-hydrogen) atoms. The molecule has 2 amide bonds. The highest BCUT2D eigenvalue weighted by atomic mass is 16.2. The van der Waals surface area contributed by atoms with Crippen LogP contribution in [0.5, 0.6) is 0 Å². The van der Waals surface area contributed by atoms with Gasteiger partial charge in [0.1, 0.15) is 0 Å². The lowest BCUT2D eigenvalue weighted by atomic mass is 10.1. The third kappa shape index (κ3) is 5.33. The Balaban J connectivity index is 1.49. The molecule has 2 aromatic carbocycles. The van der Waals surface area contributed by atoms with Crippen LogP contribution < -0.4 is 10.2 Å². The number of nitrogens with one attached hydrogen (secondary N) is 1. The summed E-state index contributed by atoms with van der Waals surface area (Å²) < 4.78 is 0. The fraction of sp³-hybridized carbons (Fsp3) is 0.364. The number of amides is 2. The summed E-state index contributed by atoms with van der Waals surface area (Å²) in [7, 11) is 0. The third-order valence-corrected chi connectivity index (χ3v) is 4.96. The molecule has 142 valence electrons. The van der Waals surface area contributed by atoms with E-state index < -0.39 is 0 Å². The predicted molar refractivity (Wildman–Crippen MR) is 109 cm³/mol. The molecule has 0 bridgehead atoms. The van der Waals surface area contributed by atoms with E-state index >= 15 is 0 Å². The smallest absolute Gasteiger partial charge is 0.224 e. The highest BCUT2D eigenvalue weighted by Crippen LogP contribution is 2.20. The first kappa shape index (κ1) is 19.0. The van der Waals surface area contributed by atoms with Crippen molar-refractivity contribution in [1.82, 2.24) is 4.90 Å². The van der Waals surface area contributed by atoms with E-state index in [2.05, 4.69) is 35.3 Å². The van der Waals surface area contributed by atoms with Crippen molar-refractivity contribution in [2.24, 2.45) is 0 Å². The van der Waals surface area contributed by atoms with Crippen molar-refractivity contribution in [3.8, 4) is 0 Å². The van der Waals surface area contributed by atoms with Crippen LogP contribution in [0, 0.1) is 6.92 Å². The molecule has 2 aromatic rings. The summed E-state index contributed by atoms with van der Waals surface area (Å²) in [5.74, 6) is 0.165. The molecule has 5 nitrogen and oxygen atoms in total. The Morgan fingerprint density at radius 1 is 1.00 bits per heavy atom. The molecule has 5 heteroatoms. The van der Waals surface area contributed by atoms with Crippen molar-refractivity contribution in [3.05, 3.63) is 59.7 Å². The molecule has 1 N–H and O–H groups in total. The average molecular weight is 365 g/mol. The molecule has 0 aliphatic carbocycles. The molecule has 0 aromatic heterocycles. The summed E-state index contributed by atoms with van der Waals surface area (Å²) in [6.07, 6.45) is 1.21. The Bertz CT molecular complexity index is 793. The number of hydrogen-bond acceptors (Lipinski definition) is 3. The van der Waals surface area contributed by atoms with E-state index in [-0.39, 0.29) is 11.8 Å². The predicted octanol–water partition coefficient (Wildman–Crippen LogP) is 3.23. The fourth-order valence-electron chi connectivity index (χ4n) is 3.38. The van der Waals surface area contributed by atoms with Gasteiger partial charge in [-0.3, -0.25) is 9.59 Å². The number of carbonyl (C=O) groups excluding carboxylic acids is 2. The van der Waals surface area contributed by atoms with Crippen LogP contribution in [0.4, 0.5) is 11.4 Å². The third-order valence-electron chi connectivity index (χ3n) is 4.96. The van der Waals surface area contributed by atoms with E-state index in [1.165, 1.54) is 11.1 Å². The van der Waals surface area contributed by atoms with Gasteiger partial charge in [-0.25, -0.2) is 0 Å². The summed E-state index contributed by atoms with van der Waals surface area (Å²) in [6, 6.07) is 16.2. The zero-order chi connectivity index (χ0) is 19.2. The first-order valence-electron chi connectivity index (χ1n) is 9.47. The lowest BCUT2D eigenvalue weighted by molar-refractivity contribution is -0.129. The maximum atomic E-state index is 12.2. The van der Waals surface area contributed by atoms with Crippen LogP contribution in [0.2, 0.25) is 0 Å². The maximum absolute atomic E-state index is 12.2. The van der Waals surface area contributed by atoms with Gasteiger partial charge in [-0.1, -0.05) is 29.8 Å². The van der Waals surface area contributed by atoms with Gasteiger partial charge in [-0.15, -0.1) is 0 Å². The molecule has 3 rings (SSSR count). The number of hydrogen-bond donors (Lipinski definition) is 1. The zero-order valence-corrected chi connectivity index (χ0v) is 16.1. The Hall–Kier alpha value is -2.82.